The topological polar surface area (TPSA) is 52.6 Å². The van der Waals surface area contributed by atoms with Gasteiger partial charge >= 0.3 is 5.63 Å². The molecule has 4 aromatic rings. The molecule has 0 fully saturated rings. The predicted molar refractivity (Wildman–Crippen MR) is 87.7 cm³/mol. The maximum Gasteiger partial charge on any atom is 0.336 e. The van der Waals surface area contributed by atoms with Crippen molar-refractivity contribution in [2.45, 2.75) is 13.5 Å². The van der Waals surface area contributed by atoms with E-state index in [0.29, 0.717) is 22.5 Å². The van der Waals surface area contributed by atoms with Crippen molar-refractivity contribution in [3.63, 3.8) is 0 Å². The summed E-state index contributed by atoms with van der Waals surface area (Å²) in [7, 11) is 0. The van der Waals surface area contributed by atoms with Gasteiger partial charge in [0.25, 0.3) is 0 Å². The molecule has 0 bridgehead atoms. The zero-order chi connectivity index (χ0) is 17.6. The molecule has 25 heavy (non-hydrogen) atoms. The van der Waals surface area contributed by atoms with E-state index in [2.05, 4.69) is 0 Å². The number of benzene rings is 2. The van der Waals surface area contributed by atoms with Crippen molar-refractivity contribution in [3.05, 3.63) is 75.8 Å². The molecule has 0 atom stereocenters. The second kappa shape index (κ2) is 5.73. The quantitative estimate of drug-likeness (QED) is 0.506. The number of halogens is 2. The van der Waals surface area contributed by atoms with Crippen molar-refractivity contribution in [2.24, 2.45) is 0 Å². The first-order chi connectivity index (χ1) is 12.0. The average Bonchev–Trinajstić information content (AvgIpc) is 2.95. The lowest BCUT2D eigenvalue weighted by Crippen LogP contribution is -1.98. The molecule has 0 saturated heterocycles. The third kappa shape index (κ3) is 2.87. The highest BCUT2D eigenvalue weighted by Gasteiger charge is 2.11. The summed E-state index contributed by atoms with van der Waals surface area (Å²) < 4.78 is 43.0. The molecule has 4 rings (SSSR count). The van der Waals surface area contributed by atoms with Crippen LogP contribution >= 0.6 is 0 Å². The third-order valence-electron chi connectivity index (χ3n) is 3.89. The van der Waals surface area contributed by atoms with Crippen LogP contribution in [0.25, 0.3) is 21.9 Å². The molecule has 4 nitrogen and oxygen atoms in total. The van der Waals surface area contributed by atoms with E-state index < -0.39 is 17.3 Å². The van der Waals surface area contributed by atoms with E-state index in [9.17, 15) is 13.6 Å². The van der Waals surface area contributed by atoms with Crippen LogP contribution in [-0.4, -0.2) is 0 Å². The van der Waals surface area contributed by atoms with Crippen molar-refractivity contribution in [3.8, 4) is 5.75 Å². The Morgan fingerprint density at radius 1 is 1.04 bits per heavy atom. The fourth-order valence-electron chi connectivity index (χ4n) is 2.75. The molecule has 2 aromatic carbocycles. The van der Waals surface area contributed by atoms with Gasteiger partial charge in [0.05, 0.1) is 0 Å². The van der Waals surface area contributed by atoms with E-state index in [1.54, 1.807) is 18.2 Å². The Morgan fingerprint density at radius 2 is 1.88 bits per heavy atom. The monoisotopic (exact) mass is 342 g/mol. The van der Waals surface area contributed by atoms with Gasteiger partial charge in [0.1, 0.15) is 29.5 Å². The first-order valence-electron chi connectivity index (χ1n) is 7.54. The molecule has 0 spiro atoms. The summed E-state index contributed by atoms with van der Waals surface area (Å²) in [5.74, 6) is -0.610. The largest absolute Gasteiger partial charge is 0.486 e. The van der Waals surface area contributed by atoms with Crippen LogP contribution in [0.15, 0.2) is 56.1 Å². The van der Waals surface area contributed by atoms with Gasteiger partial charge in [-0.15, -0.1) is 0 Å². The Morgan fingerprint density at radius 3 is 2.72 bits per heavy atom. The maximum absolute atomic E-state index is 13.7. The van der Waals surface area contributed by atoms with Crippen LogP contribution < -0.4 is 10.4 Å². The van der Waals surface area contributed by atoms with Crippen LogP contribution in [0.1, 0.15) is 11.3 Å². The van der Waals surface area contributed by atoms with Crippen LogP contribution in [0.5, 0.6) is 5.75 Å². The van der Waals surface area contributed by atoms with Crippen molar-refractivity contribution >= 4 is 21.9 Å². The van der Waals surface area contributed by atoms with Gasteiger partial charge in [-0.05, 0) is 36.8 Å². The summed E-state index contributed by atoms with van der Waals surface area (Å²) in [4.78, 5) is 11.5. The maximum atomic E-state index is 13.7. The van der Waals surface area contributed by atoms with Gasteiger partial charge in [0, 0.05) is 29.0 Å². The first kappa shape index (κ1) is 15.4. The molecule has 0 saturated carbocycles. The van der Waals surface area contributed by atoms with Crippen LogP contribution in [0.4, 0.5) is 8.78 Å². The van der Waals surface area contributed by atoms with Gasteiger partial charge in [-0.3, -0.25) is 0 Å². The molecule has 0 aliphatic heterocycles. The van der Waals surface area contributed by atoms with E-state index >= 15 is 0 Å². The lowest BCUT2D eigenvalue weighted by Gasteiger charge is -2.06. The normalized spacial score (nSPS) is 11.3. The molecule has 0 radical (unpaired) electrons. The highest BCUT2D eigenvalue weighted by molar-refractivity contribution is 5.81. The Labute approximate surface area is 140 Å². The summed E-state index contributed by atoms with van der Waals surface area (Å²) in [6.07, 6.45) is 0. The molecule has 0 N–H and O–H groups in total. The van der Waals surface area contributed by atoms with E-state index in [1.807, 2.05) is 6.92 Å². The molecule has 126 valence electrons. The zero-order valence-corrected chi connectivity index (χ0v) is 13.1. The molecule has 6 heteroatoms. The molecule has 0 aliphatic rings. The summed E-state index contributed by atoms with van der Waals surface area (Å²) >= 11 is 0. The van der Waals surface area contributed by atoms with Gasteiger partial charge < -0.3 is 13.6 Å². The van der Waals surface area contributed by atoms with Crippen molar-refractivity contribution in [2.75, 3.05) is 0 Å². The summed E-state index contributed by atoms with van der Waals surface area (Å²) in [5.41, 5.74) is 0.782. The van der Waals surface area contributed by atoms with Gasteiger partial charge in [-0.1, -0.05) is 0 Å². The Bertz CT molecular complexity index is 1160. The van der Waals surface area contributed by atoms with Crippen LogP contribution in [0, 0.1) is 18.6 Å². The van der Waals surface area contributed by atoms with E-state index in [0.717, 1.165) is 17.0 Å². The number of furan rings is 1. The minimum absolute atomic E-state index is 0.0138. The van der Waals surface area contributed by atoms with E-state index in [4.69, 9.17) is 13.6 Å². The molecule has 0 aliphatic carbocycles. The fourth-order valence-corrected chi connectivity index (χ4v) is 2.75. The molecule has 0 unspecified atom stereocenters. The summed E-state index contributed by atoms with van der Waals surface area (Å²) in [6.45, 7) is 1.85. The smallest absolute Gasteiger partial charge is 0.336 e. The van der Waals surface area contributed by atoms with Crippen LogP contribution in [0.3, 0.4) is 0 Å². The SMILES string of the molecule is Cc1cc(=O)oc2cc(OCc3cc4cc(F)cc(F)c4o3)ccc12. The highest BCUT2D eigenvalue weighted by Crippen LogP contribution is 2.26. The number of aryl methyl sites for hydroxylation is 1. The van der Waals surface area contributed by atoms with E-state index in [-0.39, 0.29) is 12.2 Å². The molecular formula is C19H12F2O4. The number of fused-ring (bicyclic) bond motifs is 2. The number of ether oxygens (including phenoxy) is 1. The number of hydrogen-bond donors (Lipinski definition) is 0. The number of hydrogen-bond acceptors (Lipinski definition) is 4. The second-order valence-corrected chi connectivity index (χ2v) is 5.71. The Balaban J connectivity index is 1.62. The molecule has 2 heterocycles. The minimum atomic E-state index is -0.760. The molecule has 2 aromatic heterocycles. The molecule has 0 amide bonds. The summed E-state index contributed by atoms with van der Waals surface area (Å²) in [6, 6.07) is 10.0. The molecular weight excluding hydrogens is 330 g/mol. The van der Waals surface area contributed by atoms with Crippen molar-refractivity contribution in [1.82, 2.24) is 0 Å². The predicted octanol–water partition coefficient (Wildman–Crippen LogP) is 4.70. The lowest BCUT2D eigenvalue weighted by molar-refractivity contribution is 0.273. The standard InChI is InChI=1S/C19H12F2O4/c1-10-4-18(22)25-17-8-13(2-3-15(10)17)23-9-14-6-11-5-12(20)7-16(21)19(11)24-14/h2-8H,9H2,1H3. The third-order valence-corrected chi connectivity index (χ3v) is 3.89. The number of rotatable bonds is 3. The van der Waals surface area contributed by atoms with Crippen LogP contribution in [-0.2, 0) is 6.61 Å². The second-order valence-electron chi connectivity index (χ2n) is 5.71. The minimum Gasteiger partial charge on any atom is -0.486 e. The van der Waals surface area contributed by atoms with E-state index in [1.165, 1.54) is 18.2 Å². The summed E-state index contributed by atoms with van der Waals surface area (Å²) in [5, 5.41) is 1.14. The first-order valence-corrected chi connectivity index (χ1v) is 7.54. The van der Waals surface area contributed by atoms with Crippen LogP contribution in [0.2, 0.25) is 0 Å². The Hall–Kier alpha value is -3.15. The van der Waals surface area contributed by atoms with Gasteiger partial charge in [-0.2, -0.15) is 0 Å². The van der Waals surface area contributed by atoms with Crippen molar-refractivity contribution < 1.29 is 22.4 Å². The zero-order valence-electron chi connectivity index (χ0n) is 13.1. The lowest BCUT2D eigenvalue weighted by atomic mass is 10.1. The van der Waals surface area contributed by atoms with Gasteiger partial charge in [0.15, 0.2) is 11.4 Å². The highest BCUT2D eigenvalue weighted by atomic mass is 19.1. The van der Waals surface area contributed by atoms with Gasteiger partial charge in [-0.25, -0.2) is 13.6 Å². The van der Waals surface area contributed by atoms with Crippen molar-refractivity contribution in [1.29, 1.82) is 0 Å². The Kier molecular flexibility index (Phi) is 3.53. The average molecular weight is 342 g/mol. The fraction of sp³-hybridized carbons (Fsp3) is 0.105. The van der Waals surface area contributed by atoms with Gasteiger partial charge in [0.2, 0.25) is 0 Å².